The summed E-state index contributed by atoms with van der Waals surface area (Å²) < 4.78 is 52.5. The molecule has 1 aromatic carbocycles. The van der Waals surface area contributed by atoms with Crippen LogP contribution in [0, 0.1) is 11.8 Å². The number of halogens is 2. The van der Waals surface area contributed by atoms with Gasteiger partial charge in [-0.15, -0.1) is 11.3 Å². The summed E-state index contributed by atoms with van der Waals surface area (Å²) in [5.41, 5.74) is 1.66. The number of morpholine rings is 1. The van der Waals surface area contributed by atoms with Gasteiger partial charge in [0.25, 0.3) is 6.43 Å². The van der Waals surface area contributed by atoms with Crippen LogP contribution >= 0.6 is 11.3 Å². The highest BCUT2D eigenvalue weighted by Crippen LogP contribution is 2.43. The number of aromatic nitrogens is 4. The maximum absolute atomic E-state index is 14.1. The summed E-state index contributed by atoms with van der Waals surface area (Å²) in [7, 11) is 0. The molecule has 262 valence electrons. The number of ether oxygens (including phenoxy) is 3. The molecule has 1 spiro atoms. The highest BCUT2D eigenvalue weighted by atomic mass is 32.1. The second kappa shape index (κ2) is 12.4. The van der Waals surface area contributed by atoms with Crippen molar-refractivity contribution < 1.29 is 37.3 Å². The van der Waals surface area contributed by atoms with E-state index in [-0.39, 0.29) is 35.9 Å². The number of carboxylic acid groups (broad SMARTS) is 1. The Balaban J connectivity index is 1.06. The number of aliphatic carboxylic acids is 1. The Morgan fingerprint density at radius 3 is 2.75 bits per heavy atom. The van der Waals surface area contributed by atoms with E-state index in [2.05, 4.69) is 38.6 Å². The Hall–Kier alpha value is -4.91. The summed E-state index contributed by atoms with van der Waals surface area (Å²) in [6.07, 6.45) is 2.17. The molecular formula is C36H32F2N6O6S. The molecular weight excluding hydrogens is 682 g/mol. The molecule has 0 unspecified atom stereocenters. The zero-order valence-corrected chi connectivity index (χ0v) is 28.2. The van der Waals surface area contributed by atoms with Crippen molar-refractivity contribution in [3.05, 3.63) is 64.0 Å². The van der Waals surface area contributed by atoms with Crippen LogP contribution in [-0.2, 0) is 14.3 Å². The van der Waals surface area contributed by atoms with Crippen LogP contribution in [0.25, 0.3) is 22.1 Å². The zero-order chi connectivity index (χ0) is 34.9. The number of carboxylic acids is 1. The average Bonchev–Trinajstić information content (AvgIpc) is 3.51. The molecule has 4 aromatic heterocycles. The summed E-state index contributed by atoms with van der Waals surface area (Å²) in [4.78, 5) is 34.7. The summed E-state index contributed by atoms with van der Waals surface area (Å²) >= 11 is 1.61. The number of hydrogen-bond donors (Lipinski definition) is 1. The second-order valence-electron chi connectivity index (χ2n) is 13.4. The molecule has 15 heteroatoms. The van der Waals surface area contributed by atoms with Crippen LogP contribution in [-0.4, -0.2) is 87.7 Å². The Labute approximate surface area is 294 Å². The minimum Gasteiger partial charge on any atom is -0.480 e. The number of para-hydroxylation sites is 1. The Morgan fingerprint density at radius 1 is 1.14 bits per heavy atom. The van der Waals surface area contributed by atoms with E-state index in [1.165, 1.54) is 17.7 Å². The molecule has 3 aliphatic heterocycles. The SMILES string of the molecule is C[C@@H]1N(c2cc(C#Cc3cnc(C4CC4)s3)cnc2O[C@H]2C[C@@H](C(=O)O)N(c3nc(C(F)F)nc4c3oc3ccccc34)C2)CCOC12COC2. The van der Waals surface area contributed by atoms with Gasteiger partial charge in [-0.2, -0.15) is 0 Å². The number of thiazole rings is 1. The zero-order valence-electron chi connectivity index (χ0n) is 27.4. The van der Waals surface area contributed by atoms with Crippen molar-refractivity contribution in [1.82, 2.24) is 19.9 Å². The lowest BCUT2D eigenvalue weighted by Crippen LogP contribution is -2.68. The van der Waals surface area contributed by atoms with Gasteiger partial charge in [0.1, 0.15) is 34.5 Å². The maximum atomic E-state index is 14.1. The van der Waals surface area contributed by atoms with E-state index in [4.69, 9.17) is 23.6 Å². The number of hydrogen-bond acceptors (Lipinski definition) is 12. The van der Waals surface area contributed by atoms with E-state index in [1.54, 1.807) is 41.8 Å². The van der Waals surface area contributed by atoms with E-state index in [1.807, 2.05) is 12.3 Å². The third-order valence-electron chi connectivity index (χ3n) is 10.1. The van der Waals surface area contributed by atoms with Crippen molar-refractivity contribution in [2.24, 2.45) is 0 Å². The van der Waals surface area contributed by atoms with Crippen molar-refractivity contribution in [1.29, 1.82) is 0 Å². The van der Waals surface area contributed by atoms with Gasteiger partial charge >= 0.3 is 5.97 Å². The van der Waals surface area contributed by atoms with Crippen LogP contribution in [0.3, 0.4) is 0 Å². The third kappa shape index (κ3) is 5.71. The number of nitrogens with zero attached hydrogens (tertiary/aromatic N) is 6. The monoisotopic (exact) mass is 714 g/mol. The standard InChI is InChI=1S/C36H32F2N6O6S/c1-19-36(17-47-18-36)48-11-10-43(19)25-12-20(6-9-23-15-40-34(51-23)21-7-8-21)14-39-33(25)49-22-13-26(35(45)46)44(16-22)32-29-28(41-31(42-32)30(37)38)24-4-2-3-5-27(24)50-29/h2-5,12,14-15,19,21-22,26,30H,7-8,10-11,13,16-18H2,1H3,(H,45,46)/t19-,22-,26-/m0/s1. The van der Waals surface area contributed by atoms with Crippen LogP contribution in [0.15, 0.2) is 47.1 Å². The first-order chi connectivity index (χ1) is 24.8. The first-order valence-corrected chi connectivity index (χ1v) is 17.7. The average molecular weight is 715 g/mol. The molecule has 1 saturated carbocycles. The van der Waals surface area contributed by atoms with Gasteiger partial charge < -0.3 is 33.5 Å². The number of benzene rings is 1. The lowest BCUT2D eigenvalue weighted by Gasteiger charge is -2.53. The predicted molar refractivity (Wildman–Crippen MR) is 183 cm³/mol. The number of anilines is 2. The van der Waals surface area contributed by atoms with Crippen LogP contribution in [0.4, 0.5) is 20.3 Å². The summed E-state index contributed by atoms with van der Waals surface area (Å²) in [6, 6.07) is 7.63. The van der Waals surface area contributed by atoms with Gasteiger partial charge in [0, 0.05) is 36.0 Å². The minimum atomic E-state index is -2.98. The molecule has 4 fully saturated rings. The third-order valence-corrected chi connectivity index (χ3v) is 11.2. The number of pyridine rings is 1. The molecule has 9 rings (SSSR count). The van der Waals surface area contributed by atoms with Crippen molar-refractivity contribution >= 4 is 50.9 Å². The lowest BCUT2D eigenvalue weighted by atomic mass is 9.90. The smallest absolute Gasteiger partial charge is 0.326 e. The molecule has 5 aromatic rings. The molecule has 4 aliphatic rings. The van der Waals surface area contributed by atoms with E-state index in [0.717, 1.165) is 9.88 Å². The van der Waals surface area contributed by atoms with E-state index >= 15 is 0 Å². The summed E-state index contributed by atoms with van der Waals surface area (Å²) in [6.45, 7) is 4.07. The Morgan fingerprint density at radius 2 is 1.98 bits per heavy atom. The fourth-order valence-corrected chi connectivity index (χ4v) is 8.04. The first-order valence-electron chi connectivity index (χ1n) is 16.9. The predicted octanol–water partition coefficient (Wildman–Crippen LogP) is 5.55. The quantitative estimate of drug-likeness (QED) is 0.212. The number of fused-ring (bicyclic) bond motifs is 3. The van der Waals surface area contributed by atoms with Gasteiger partial charge in [-0.05, 0) is 43.9 Å². The highest BCUT2D eigenvalue weighted by molar-refractivity contribution is 7.12. The topological polar surface area (TPSA) is 136 Å². The molecule has 0 bridgehead atoms. The van der Waals surface area contributed by atoms with Crippen LogP contribution < -0.4 is 14.5 Å². The van der Waals surface area contributed by atoms with Crippen molar-refractivity contribution in [2.75, 3.05) is 42.7 Å². The molecule has 51 heavy (non-hydrogen) atoms. The number of furan rings is 1. The van der Waals surface area contributed by atoms with Gasteiger partial charge in [-0.25, -0.2) is 33.5 Å². The molecule has 1 aliphatic carbocycles. The van der Waals surface area contributed by atoms with E-state index in [9.17, 15) is 18.7 Å². The number of rotatable bonds is 7. The molecule has 3 saturated heterocycles. The van der Waals surface area contributed by atoms with Gasteiger partial charge in [-0.1, -0.05) is 18.1 Å². The van der Waals surface area contributed by atoms with Crippen molar-refractivity contribution in [3.8, 4) is 17.7 Å². The van der Waals surface area contributed by atoms with Crippen LogP contribution in [0.1, 0.15) is 59.8 Å². The van der Waals surface area contributed by atoms with Crippen molar-refractivity contribution in [2.45, 2.75) is 62.3 Å². The number of alkyl halides is 2. The van der Waals surface area contributed by atoms with E-state index in [0.29, 0.717) is 60.4 Å². The van der Waals surface area contributed by atoms with Crippen molar-refractivity contribution in [3.63, 3.8) is 0 Å². The molecule has 12 nitrogen and oxygen atoms in total. The van der Waals surface area contributed by atoms with Crippen LogP contribution in [0.2, 0.25) is 0 Å². The Bertz CT molecular complexity index is 2230. The van der Waals surface area contributed by atoms with Gasteiger partial charge in [-0.3, -0.25) is 0 Å². The molecule has 3 atom stereocenters. The largest absolute Gasteiger partial charge is 0.480 e. The van der Waals surface area contributed by atoms with Crippen LogP contribution in [0.5, 0.6) is 5.88 Å². The summed E-state index contributed by atoms with van der Waals surface area (Å²) in [5, 5.41) is 12.0. The maximum Gasteiger partial charge on any atom is 0.326 e. The minimum absolute atomic E-state index is 0.0227. The molecule has 0 radical (unpaired) electrons. The molecule has 7 heterocycles. The Kier molecular flexibility index (Phi) is 7.78. The van der Waals surface area contributed by atoms with Gasteiger partial charge in [0.15, 0.2) is 17.2 Å². The first kappa shape index (κ1) is 32.0. The lowest BCUT2D eigenvalue weighted by molar-refractivity contribution is -0.228. The number of carbonyl (C=O) groups is 1. The van der Waals surface area contributed by atoms with E-state index < -0.39 is 36.0 Å². The molecule has 0 amide bonds. The molecule has 1 N–H and O–H groups in total. The fourth-order valence-electron chi connectivity index (χ4n) is 7.10. The fraction of sp³-hybridized carbons (Fsp3) is 0.417. The second-order valence-corrected chi connectivity index (χ2v) is 14.4. The van der Waals surface area contributed by atoms with Gasteiger partial charge in [0.2, 0.25) is 5.88 Å². The van der Waals surface area contributed by atoms with Gasteiger partial charge in [0.05, 0.1) is 48.5 Å². The normalized spacial score (nSPS) is 22.8. The summed E-state index contributed by atoms with van der Waals surface area (Å²) in [5.74, 6) is 5.44. The highest BCUT2D eigenvalue weighted by Gasteiger charge is 2.50.